The summed E-state index contributed by atoms with van der Waals surface area (Å²) < 4.78 is 46.0. The molecule has 3 aromatic heterocycles. The van der Waals surface area contributed by atoms with E-state index < -0.39 is 30.0 Å². The van der Waals surface area contributed by atoms with E-state index in [1.165, 1.54) is 12.4 Å². The Bertz CT molecular complexity index is 1220. The first-order chi connectivity index (χ1) is 17.6. The third kappa shape index (κ3) is 5.20. The number of aliphatic hydroxyl groups excluding tert-OH is 2. The van der Waals surface area contributed by atoms with Gasteiger partial charge in [-0.05, 0) is 38.8 Å². The van der Waals surface area contributed by atoms with Crippen LogP contribution < -0.4 is 10.2 Å². The van der Waals surface area contributed by atoms with Crippen molar-refractivity contribution in [3.63, 3.8) is 0 Å². The Morgan fingerprint density at radius 2 is 1.95 bits per heavy atom. The Kier molecular flexibility index (Phi) is 6.94. The highest BCUT2D eigenvalue weighted by molar-refractivity contribution is 5.83. The third-order valence-corrected chi connectivity index (χ3v) is 7.06. The normalized spacial score (nSPS) is 26.5. The average molecular weight is 522 g/mol. The van der Waals surface area contributed by atoms with Crippen LogP contribution in [0.3, 0.4) is 0 Å². The van der Waals surface area contributed by atoms with Gasteiger partial charge in [-0.25, -0.2) is 19.9 Å². The van der Waals surface area contributed by atoms with Gasteiger partial charge in [0.2, 0.25) is 0 Å². The largest absolute Gasteiger partial charge is 0.417 e. The number of nitrogens with zero attached hydrogens (tertiary/aromatic N) is 6. The number of halogens is 3. The van der Waals surface area contributed by atoms with Crippen molar-refractivity contribution in [1.29, 1.82) is 0 Å². The van der Waals surface area contributed by atoms with E-state index in [1.807, 2.05) is 18.7 Å². The van der Waals surface area contributed by atoms with Crippen molar-refractivity contribution in [3.8, 4) is 0 Å². The van der Waals surface area contributed by atoms with Crippen molar-refractivity contribution in [3.05, 3.63) is 36.5 Å². The summed E-state index contributed by atoms with van der Waals surface area (Å²) in [6.07, 6.45) is -1.16. The maximum absolute atomic E-state index is 12.8. The van der Waals surface area contributed by atoms with Gasteiger partial charge in [-0.1, -0.05) is 0 Å². The molecule has 2 fully saturated rings. The summed E-state index contributed by atoms with van der Waals surface area (Å²) in [4.78, 5) is 19.1. The fraction of sp³-hybridized carbons (Fsp3) is 0.583. The first kappa shape index (κ1) is 25.6. The molecule has 0 spiro atoms. The molecule has 4 unspecified atom stereocenters. The summed E-state index contributed by atoms with van der Waals surface area (Å²) in [7, 11) is 0. The fourth-order valence-corrected chi connectivity index (χ4v) is 5.08. The topological polar surface area (TPSA) is 121 Å². The van der Waals surface area contributed by atoms with E-state index in [-0.39, 0.29) is 18.1 Å². The number of aliphatic hydroxyl groups is 2. The minimum atomic E-state index is -4.42. The van der Waals surface area contributed by atoms with Gasteiger partial charge < -0.3 is 29.7 Å². The van der Waals surface area contributed by atoms with Crippen LogP contribution in [0, 0.1) is 5.92 Å². The molecule has 2 aliphatic rings. The number of fused-ring (bicyclic) bond motifs is 1. The second-order valence-corrected chi connectivity index (χ2v) is 9.95. The third-order valence-electron chi connectivity index (χ3n) is 7.06. The Balaban J connectivity index is 1.28. The minimum Gasteiger partial charge on any atom is -0.390 e. The van der Waals surface area contributed by atoms with E-state index in [4.69, 9.17) is 4.74 Å². The summed E-state index contributed by atoms with van der Waals surface area (Å²) in [5.74, 6) is 0.811. The maximum atomic E-state index is 12.8. The van der Waals surface area contributed by atoms with Crippen molar-refractivity contribution >= 4 is 22.8 Å². The lowest BCUT2D eigenvalue weighted by molar-refractivity contribution is -0.137. The Labute approximate surface area is 211 Å². The molecule has 37 heavy (non-hydrogen) atoms. The fourth-order valence-electron chi connectivity index (χ4n) is 5.08. The van der Waals surface area contributed by atoms with Crippen LogP contribution in [-0.4, -0.2) is 78.8 Å². The lowest BCUT2D eigenvalue weighted by Crippen LogP contribution is -2.31. The van der Waals surface area contributed by atoms with Crippen LogP contribution in [-0.2, 0) is 10.9 Å². The Morgan fingerprint density at radius 3 is 2.65 bits per heavy atom. The summed E-state index contributed by atoms with van der Waals surface area (Å²) in [6, 6.07) is 1.99. The molecule has 200 valence electrons. The first-order valence-corrected chi connectivity index (χ1v) is 12.3. The molecule has 13 heteroatoms. The molecule has 5 rings (SSSR count). The van der Waals surface area contributed by atoms with Crippen LogP contribution in [0.25, 0.3) is 11.2 Å². The number of ether oxygens (including phenoxy) is 1. The molecule has 3 aromatic rings. The zero-order chi connectivity index (χ0) is 26.3. The van der Waals surface area contributed by atoms with Crippen LogP contribution >= 0.6 is 0 Å². The summed E-state index contributed by atoms with van der Waals surface area (Å²) in [5, 5.41) is 24.7. The zero-order valence-corrected chi connectivity index (χ0v) is 20.5. The van der Waals surface area contributed by atoms with E-state index >= 15 is 0 Å². The van der Waals surface area contributed by atoms with Gasteiger partial charge in [0.05, 0.1) is 36.7 Å². The van der Waals surface area contributed by atoms with Crippen LogP contribution in [0.5, 0.6) is 0 Å². The summed E-state index contributed by atoms with van der Waals surface area (Å²) in [6.45, 7) is 5.37. The second kappa shape index (κ2) is 10.0. The quantitative estimate of drug-likeness (QED) is 0.431. The van der Waals surface area contributed by atoms with Gasteiger partial charge in [-0.2, -0.15) is 13.2 Å². The van der Waals surface area contributed by atoms with Crippen LogP contribution in [0.4, 0.5) is 24.8 Å². The van der Waals surface area contributed by atoms with E-state index in [1.54, 1.807) is 10.9 Å². The molecule has 0 bridgehead atoms. The van der Waals surface area contributed by atoms with Gasteiger partial charge in [0.1, 0.15) is 23.8 Å². The van der Waals surface area contributed by atoms with Gasteiger partial charge in [-0.3, -0.25) is 0 Å². The number of hydrogen-bond donors (Lipinski definition) is 3. The van der Waals surface area contributed by atoms with Crippen molar-refractivity contribution in [2.45, 2.75) is 63.3 Å². The Hall–Kier alpha value is -3.03. The molecule has 0 aromatic carbocycles. The van der Waals surface area contributed by atoms with E-state index in [0.29, 0.717) is 48.9 Å². The first-order valence-electron chi connectivity index (χ1n) is 12.3. The number of aromatic nitrogens is 5. The molecule has 4 heterocycles. The number of imidazole rings is 1. The minimum absolute atomic E-state index is 0.0243. The maximum Gasteiger partial charge on any atom is 0.417 e. The molecule has 1 aliphatic carbocycles. The lowest BCUT2D eigenvalue weighted by atomic mass is 10.1. The van der Waals surface area contributed by atoms with E-state index in [9.17, 15) is 23.4 Å². The molecule has 5 atom stereocenters. The van der Waals surface area contributed by atoms with E-state index in [0.717, 1.165) is 18.7 Å². The lowest BCUT2D eigenvalue weighted by Gasteiger charge is -2.19. The van der Waals surface area contributed by atoms with Crippen molar-refractivity contribution in [2.24, 2.45) is 5.92 Å². The monoisotopic (exact) mass is 521 g/mol. The van der Waals surface area contributed by atoms with Gasteiger partial charge in [0.15, 0.2) is 11.5 Å². The molecule has 1 aliphatic heterocycles. The number of rotatable bonds is 7. The highest BCUT2D eigenvalue weighted by atomic mass is 19.4. The number of alkyl halides is 3. The second-order valence-electron chi connectivity index (χ2n) is 9.95. The number of anilines is 2. The number of pyridine rings is 1. The van der Waals surface area contributed by atoms with Crippen LogP contribution in [0.1, 0.15) is 38.3 Å². The van der Waals surface area contributed by atoms with Crippen molar-refractivity contribution < 1.29 is 28.1 Å². The van der Waals surface area contributed by atoms with Gasteiger partial charge in [0, 0.05) is 31.2 Å². The predicted octanol–water partition coefficient (Wildman–Crippen LogP) is 2.64. The molecule has 1 saturated carbocycles. The highest BCUT2D eigenvalue weighted by Gasteiger charge is 2.43. The molecule has 1 saturated heterocycles. The number of hydrogen-bond acceptors (Lipinski definition) is 9. The standard InChI is InChI=1S/C24H30F3N7O3/c1-13(2)37-10-14-7-17(21(36)20(14)35)34-12-31-19-22(29-11-30-23(19)34)32-16-5-6-33(9-16)18-4-3-15(8-28-18)24(25,26)27/h3-4,8,11-14,16-17,20-21,35-36H,5-7,9-10H2,1-2H3,(H,29,30,32)/t14?,16-,17?,20?,21?/m0/s1. The van der Waals surface area contributed by atoms with Crippen molar-refractivity contribution in [1.82, 2.24) is 24.5 Å². The SMILES string of the molecule is CC(C)OCC1CC(n2cnc3c(N[C@H]4CCN(c5ccc(C(F)(F)F)cn5)C4)ncnc32)C(O)C1O. The Morgan fingerprint density at radius 1 is 1.14 bits per heavy atom. The number of nitrogens with one attached hydrogen (secondary N) is 1. The van der Waals surface area contributed by atoms with Gasteiger partial charge in [0.25, 0.3) is 0 Å². The van der Waals surface area contributed by atoms with Crippen LogP contribution in [0.15, 0.2) is 31.0 Å². The highest BCUT2D eigenvalue weighted by Crippen LogP contribution is 2.38. The predicted molar refractivity (Wildman–Crippen MR) is 129 cm³/mol. The van der Waals surface area contributed by atoms with E-state index in [2.05, 4.69) is 25.3 Å². The van der Waals surface area contributed by atoms with Crippen LogP contribution in [0.2, 0.25) is 0 Å². The molecule has 0 amide bonds. The molecule has 0 radical (unpaired) electrons. The van der Waals surface area contributed by atoms with Crippen molar-refractivity contribution in [2.75, 3.05) is 29.9 Å². The molecule has 10 nitrogen and oxygen atoms in total. The molecule has 3 N–H and O–H groups in total. The summed E-state index contributed by atoms with van der Waals surface area (Å²) >= 11 is 0. The van der Waals surface area contributed by atoms with Gasteiger partial charge >= 0.3 is 6.18 Å². The molecular formula is C24H30F3N7O3. The zero-order valence-electron chi connectivity index (χ0n) is 20.5. The summed E-state index contributed by atoms with van der Waals surface area (Å²) in [5.41, 5.74) is 0.304. The smallest absolute Gasteiger partial charge is 0.390 e. The average Bonchev–Trinajstić information content (AvgIpc) is 3.57. The van der Waals surface area contributed by atoms with Gasteiger partial charge in [-0.15, -0.1) is 0 Å². The molecular weight excluding hydrogens is 491 g/mol.